The quantitative estimate of drug-likeness (QED) is 0.821. The summed E-state index contributed by atoms with van der Waals surface area (Å²) in [6, 6.07) is 6.44. The number of rotatable bonds is 2. The standard InChI is InChI=1S/C10H7Cl2N3O/c11-8-2-1-6(3-9(8)12)10(16)14-15-5-7(15)4-13/h1-3,7H,5H2,(H,14,16). The molecule has 1 heterocycles. The van der Waals surface area contributed by atoms with Gasteiger partial charge in [0.15, 0.2) is 0 Å². The largest absolute Gasteiger partial charge is 0.283 e. The van der Waals surface area contributed by atoms with Crippen molar-refractivity contribution in [1.29, 1.82) is 5.26 Å². The molecule has 1 aliphatic heterocycles. The molecule has 0 radical (unpaired) electrons. The first-order valence-corrected chi connectivity index (χ1v) is 5.29. The van der Waals surface area contributed by atoms with Gasteiger partial charge in [0.25, 0.3) is 5.91 Å². The van der Waals surface area contributed by atoms with E-state index in [1.165, 1.54) is 6.07 Å². The van der Waals surface area contributed by atoms with Crippen LogP contribution in [0, 0.1) is 11.3 Å². The predicted molar refractivity (Wildman–Crippen MR) is 60.0 cm³/mol. The van der Waals surface area contributed by atoms with E-state index in [0.29, 0.717) is 22.2 Å². The summed E-state index contributed by atoms with van der Waals surface area (Å²) >= 11 is 11.5. The number of carbonyl (C=O) groups is 1. The van der Waals surface area contributed by atoms with Crippen LogP contribution in [-0.2, 0) is 0 Å². The molecule has 1 saturated heterocycles. The second-order valence-electron chi connectivity index (χ2n) is 3.37. The zero-order valence-electron chi connectivity index (χ0n) is 8.08. The van der Waals surface area contributed by atoms with Gasteiger partial charge in [0.1, 0.15) is 6.04 Å². The maximum Gasteiger partial charge on any atom is 0.265 e. The van der Waals surface area contributed by atoms with Crippen LogP contribution in [0.15, 0.2) is 18.2 Å². The third kappa shape index (κ3) is 2.27. The Morgan fingerprint density at radius 2 is 2.25 bits per heavy atom. The highest BCUT2D eigenvalue weighted by Crippen LogP contribution is 2.23. The number of halogens is 2. The molecule has 1 aromatic carbocycles. The first-order valence-electron chi connectivity index (χ1n) is 4.54. The lowest BCUT2D eigenvalue weighted by atomic mass is 10.2. The first-order chi connectivity index (χ1) is 7.61. The Labute approximate surface area is 102 Å². The molecule has 6 heteroatoms. The van der Waals surface area contributed by atoms with Crippen molar-refractivity contribution in [3.63, 3.8) is 0 Å². The van der Waals surface area contributed by atoms with Gasteiger partial charge in [-0.05, 0) is 18.2 Å². The monoisotopic (exact) mass is 255 g/mol. The van der Waals surface area contributed by atoms with Crippen LogP contribution in [0.3, 0.4) is 0 Å². The average molecular weight is 256 g/mol. The van der Waals surface area contributed by atoms with Crippen molar-refractivity contribution in [1.82, 2.24) is 10.4 Å². The lowest BCUT2D eigenvalue weighted by molar-refractivity contribution is 0.0893. The van der Waals surface area contributed by atoms with Crippen LogP contribution in [0.25, 0.3) is 0 Å². The van der Waals surface area contributed by atoms with Crippen molar-refractivity contribution >= 4 is 29.1 Å². The third-order valence-corrected chi connectivity index (χ3v) is 2.93. The molecule has 4 nitrogen and oxygen atoms in total. The number of amides is 1. The highest BCUT2D eigenvalue weighted by atomic mass is 35.5. The molecule has 0 spiro atoms. The van der Waals surface area contributed by atoms with Crippen LogP contribution in [0.5, 0.6) is 0 Å². The summed E-state index contributed by atoms with van der Waals surface area (Å²) in [5, 5.41) is 10.8. The van der Waals surface area contributed by atoms with E-state index >= 15 is 0 Å². The zero-order valence-corrected chi connectivity index (χ0v) is 9.59. The Morgan fingerprint density at radius 1 is 1.50 bits per heavy atom. The number of nitrogens with one attached hydrogen (secondary N) is 1. The van der Waals surface area contributed by atoms with Crippen molar-refractivity contribution in [2.45, 2.75) is 6.04 Å². The van der Waals surface area contributed by atoms with Gasteiger partial charge in [-0.25, -0.2) is 0 Å². The summed E-state index contributed by atoms with van der Waals surface area (Å²) < 4.78 is 0. The van der Waals surface area contributed by atoms with Gasteiger partial charge in [0, 0.05) is 5.56 Å². The molecule has 2 atom stereocenters. The molecule has 2 unspecified atom stereocenters. The Hall–Kier alpha value is -1.28. The number of hydrazine groups is 1. The maximum absolute atomic E-state index is 11.7. The van der Waals surface area contributed by atoms with Crippen molar-refractivity contribution in [2.75, 3.05) is 6.54 Å². The molecular formula is C10H7Cl2N3O. The fraction of sp³-hybridized carbons (Fsp3) is 0.200. The molecule has 2 rings (SSSR count). The molecule has 1 N–H and O–H groups in total. The van der Waals surface area contributed by atoms with Crippen molar-refractivity contribution in [3.8, 4) is 6.07 Å². The fourth-order valence-electron chi connectivity index (χ4n) is 1.21. The van der Waals surface area contributed by atoms with Crippen LogP contribution < -0.4 is 5.43 Å². The number of hydrogen-bond donors (Lipinski definition) is 1. The Morgan fingerprint density at radius 3 is 2.81 bits per heavy atom. The molecule has 1 aliphatic rings. The molecule has 16 heavy (non-hydrogen) atoms. The van der Waals surface area contributed by atoms with Gasteiger partial charge >= 0.3 is 0 Å². The van der Waals surface area contributed by atoms with E-state index in [1.807, 2.05) is 6.07 Å². The lowest BCUT2D eigenvalue weighted by Gasteiger charge is -2.05. The van der Waals surface area contributed by atoms with Crippen molar-refractivity contribution in [3.05, 3.63) is 33.8 Å². The molecule has 0 saturated carbocycles. The van der Waals surface area contributed by atoms with Crippen LogP contribution in [0.1, 0.15) is 10.4 Å². The molecule has 0 aromatic heterocycles. The molecule has 0 aliphatic carbocycles. The van der Waals surface area contributed by atoms with Gasteiger partial charge in [-0.3, -0.25) is 10.2 Å². The second kappa shape index (κ2) is 4.30. The average Bonchev–Trinajstić information content (AvgIpc) is 3.00. The van der Waals surface area contributed by atoms with Crippen LogP contribution >= 0.6 is 23.2 Å². The normalized spacial score (nSPS) is 22.3. The van der Waals surface area contributed by atoms with E-state index < -0.39 is 0 Å². The number of nitriles is 1. The highest BCUT2D eigenvalue weighted by Gasteiger charge is 2.35. The van der Waals surface area contributed by atoms with E-state index in [9.17, 15) is 4.79 Å². The van der Waals surface area contributed by atoms with Gasteiger partial charge in [-0.2, -0.15) is 10.3 Å². The highest BCUT2D eigenvalue weighted by molar-refractivity contribution is 6.42. The van der Waals surface area contributed by atoms with Crippen LogP contribution in [0.4, 0.5) is 0 Å². The SMILES string of the molecule is N#CC1CN1NC(=O)c1ccc(Cl)c(Cl)c1. The summed E-state index contributed by atoms with van der Waals surface area (Å²) in [5.74, 6) is -0.295. The maximum atomic E-state index is 11.7. The summed E-state index contributed by atoms with van der Waals surface area (Å²) in [4.78, 5) is 11.7. The topological polar surface area (TPSA) is 55.9 Å². The van der Waals surface area contributed by atoms with E-state index in [0.717, 1.165) is 0 Å². The summed E-state index contributed by atoms with van der Waals surface area (Å²) in [5.41, 5.74) is 3.00. The summed E-state index contributed by atoms with van der Waals surface area (Å²) in [7, 11) is 0. The Kier molecular flexibility index (Phi) is 3.01. The van der Waals surface area contributed by atoms with Crippen LogP contribution in [-0.4, -0.2) is 23.5 Å². The second-order valence-corrected chi connectivity index (χ2v) is 4.18. The summed E-state index contributed by atoms with van der Waals surface area (Å²) in [6.45, 7) is 0.559. The molecule has 1 amide bonds. The number of hydrogen-bond acceptors (Lipinski definition) is 3. The van der Waals surface area contributed by atoms with Gasteiger partial charge in [-0.15, -0.1) is 0 Å². The van der Waals surface area contributed by atoms with Gasteiger partial charge in [-0.1, -0.05) is 23.2 Å². The number of carbonyl (C=O) groups excluding carboxylic acids is 1. The minimum Gasteiger partial charge on any atom is -0.283 e. The third-order valence-electron chi connectivity index (χ3n) is 2.19. The molecular weight excluding hydrogens is 249 g/mol. The minimum atomic E-state index is -0.295. The van der Waals surface area contributed by atoms with Crippen LogP contribution in [0.2, 0.25) is 10.0 Å². The van der Waals surface area contributed by atoms with Gasteiger partial charge < -0.3 is 0 Å². The summed E-state index contributed by atoms with van der Waals surface area (Å²) in [6.07, 6.45) is 0. The Bertz CT molecular complexity index is 483. The van der Waals surface area contributed by atoms with E-state index in [4.69, 9.17) is 28.5 Å². The van der Waals surface area contributed by atoms with E-state index in [2.05, 4.69) is 5.43 Å². The van der Waals surface area contributed by atoms with Crippen molar-refractivity contribution in [2.24, 2.45) is 0 Å². The number of benzene rings is 1. The zero-order chi connectivity index (χ0) is 11.7. The Balaban J connectivity index is 2.05. The molecule has 0 bridgehead atoms. The predicted octanol–water partition coefficient (Wildman–Crippen LogP) is 1.85. The van der Waals surface area contributed by atoms with E-state index in [1.54, 1.807) is 17.1 Å². The van der Waals surface area contributed by atoms with Gasteiger partial charge in [0.2, 0.25) is 0 Å². The lowest BCUT2D eigenvalue weighted by Crippen LogP contribution is -2.30. The smallest absolute Gasteiger partial charge is 0.265 e. The molecule has 82 valence electrons. The minimum absolute atomic E-state index is 0.216. The number of nitrogens with zero attached hydrogens (tertiary/aromatic N) is 2. The van der Waals surface area contributed by atoms with Crippen molar-refractivity contribution < 1.29 is 4.79 Å². The first kappa shape index (κ1) is 11.2. The molecule has 1 fully saturated rings. The molecule has 1 aromatic rings. The fourth-order valence-corrected chi connectivity index (χ4v) is 1.50. The van der Waals surface area contributed by atoms with Gasteiger partial charge in [0.05, 0.1) is 22.7 Å². The van der Waals surface area contributed by atoms with E-state index in [-0.39, 0.29) is 11.9 Å².